The second-order valence-corrected chi connectivity index (χ2v) is 13.3. The van der Waals surface area contributed by atoms with E-state index in [1.54, 1.807) is 15.5 Å². The van der Waals surface area contributed by atoms with Crippen LogP contribution in [0.2, 0.25) is 0 Å². The molecule has 0 fully saturated rings. The van der Waals surface area contributed by atoms with Gasteiger partial charge in [-0.05, 0) is 44.0 Å². The predicted molar refractivity (Wildman–Crippen MR) is 160 cm³/mol. The van der Waals surface area contributed by atoms with Crippen molar-refractivity contribution in [3.63, 3.8) is 0 Å². The van der Waals surface area contributed by atoms with Crippen LogP contribution < -0.4 is 29.5 Å². The summed E-state index contributed by atoms with van der Waals surface area (Å²) < 4.78 is 50.9. The number of rotatable bonds is 11. The van der Waals surface area contributed by atoms with Gasteiger partial charge in [0.1, 0.15) is 26.6 Å². The Hall–Kier alpha value is -3.33. The molecule has 1 aliphatic rings. The van der Waals surface area contributed by atoms with Crippen LogP contribution >= 0.6 is 23.1 Å². The van der Waals surface area contributed by atoms with Gasteiger partial charge in [0.05, 0.1) is 11.4 Å². The number of aryl methyl sites for hydroxylation is 1. The normalized spacial score (nSPS) is 14.8. The van der Waals surface area contributed by atoms with Crippen LogP contribution in [0.4, 0.5) is 10.1 Å². The van der Waals surface area contributed by atoms with Gasteiger partial charge >= 0.3 is 0 Å². The van der Waals surface area contributed by atoms with Gasteiger partial charge in [-0.2, -0.15) is 13.0 Å². The Kier molecular flexibility index (Phi) is 10.4. The molecule has 3 aromatic rings. The Labute approximate surface area is 250 Å². The van der Waals surface area contributed by atoms with Crippen molar-refractivity contribution in [1.82, 2.24) is 9.88 Å². The van der Waals surface area contributed by atoms with E-state index in [1.807, 2.05) is 42.0 Å². The van der Waals surface area contributed by atoms with Crippen molar-refractivity contribution < 1.29 is 31.5 Å². The average molecular weight is 636 g/mol. The number of benzene rings is 1. The van der Waals surface area contributed by atoms with E-state index in [2.05, 4.69) is 5.32 Å². The molecule has 224 valence electrons. The first-order valence-corrected chi connectivity index (χ1v) is 16.7. The molecule has 3 heterocycles. The van der Waals surface area contributed by atoms with Crippen molar-refractivity contribution in [2.75, 3.05) is 17.2 Å². The number of aromatic nitrogens is 2. The van der Waals surface area contributed by atoms with Crippen molar-refractivity contribution in [1.29, 1.82) is 0 Å². The summed E-state index contributed by atoms with van der Waals surface area (Å²) in [5.41, 5.74) is 1.20. The Morgan fingerprint density at radius 2 is 1.95 bits per heavy atom. The third-order valence-corrected chi connectivity index (χ3v) is 9.72. The standard InChI is InChI=1S/C28H31FN4O6S3/c1-3-32-25(18-21-9-4-6-13-31(21)14-7-5-10-24(35)30-19(2)34)41-26(27(32)36)28-33(15-8-16-42(37,38)39)22-17-20(29)11-12-23(22)40-28/h4,6,9,11-13,17-18H,3,5,7-8,10,14-16H2,1-2H3,(H-,30,34,35,37,38,39)/p+1. The molecule has 1 aliphatic heterocycles. The van der Waals surface area contributed by atoms with Crippen LogP contribution in [0, 0.1) is 5.82 Å². The first-order valence-electron chi connectivity index (χ1n) is 13.4. The van der Waals surface area contributed by atoms with Crippen LogP contribution in [0.1, 0.15) is 45.2 Å². The molecule has 42 heavy (non-hydrogen) atoms. The lowest BCUT2D eigenvalue weighted by molar-refractivity contribution is -0.699. The number of fused-ring (bicyclic) bond motifs is 1. The van der Waals surface area contributed by atoms with E-state index < -0.39 is 21.7 Å². The monoisotopic (exact) mass is 635 g/mol. The quantitative estimate of drug-likeness (QED) is 0.186. The zero-order valence-corrected chi connectivity index (χ0v) is 25.7. The first kappa shape index (κ1) is 31.6. The second kappa shape index (κ2) is 13.8. The van der Waals surface area contributed by atoms with Gasteiger partial charge in [0, 0.05) is 56.0 Å². The van der Waals surface area contributed by atoms with Gasteiger partial charge in [-0.25, -0.2) is 4.39 Å². The molecule has 0 saturated carbocycles. The highest BCUT2D eigenvalue weighted by atomic mass is 32.2. The predicted octanol–water partition coefficient (Wildman–Crippen LogP) is 1.97. The maximum absolute atomic E-state index is 14.2. The van der Waals surface area contributed by atoms with E-state index in [-0.39, 0.29) is 36.8 Å². The molecule has 0 aliphatic carbocycles. The number of nitrogens with one attached hydrogen (secondary N) is 1. The number of halogens is 1. The van der Waals surface area contributed by atoms with Crippen molar-refractivity contribution in [3.8, 4) is 0 Å². The summed E-state index contributed by atoms with van der Waals surface area (Å²) in [6, 6.07) is 10.1. The molecule has 0 radical (unpaired) electrons. The molecule has 0 unspecified atom stereocenters. The second-order valence-electron chi connectivity index (χ2n) is 9.65. The zero-order valence-electron chi connectivity index (χ0n) is 23.2. The van der Waals surface area contributed by atoms with Gasteiger partial charge in [-0.15, -0.1) is 11.3 Å². The summed E-state index contributed by atoms with van der Waals surface area (Å²) in [7, 11) is -4.18. The van der Waals surface area contributed by atoms with Crippen molar-refractivity contribution >= 4 is 61.8 Å². The highest BCUT2D eigenvalue weighted by Gasteiger charge is 2.28. The highest BCUT2D eigenvalue weighted by molar-refractivity contribution is 8.08. The van der Waals surface area contributed by atoms with E-state index in [1.165, 1.54) is 42.2 Å². The number of carbonyl (C=O) groups is 2. The van der Waals surface area contributed by atoms with Crippen molar-refractivity contribution in [2.45, 2.75) is 57.5 Å². The van der Waals surface area contributed by atoms with Gasteiger partial charge in [-0.3, -0.25) is 28.8 Å². The Balaban J connectivity index is 1.69. The molecular formula is C28H32FN4O6S3+. The number of unbranched alkanes of at least 4 members (excludes halogenated alkanes) is 1. The van der Waals surface area contributed by atoms with Crippen molar-refractivity contribution in [3.05, 3.63) is 73.7 Å². The number of pyridine rings is 1. The average Bonchev–Trinajstić information content (AvgIpc) is 3.42. The van der Waals surface area contributed by atoms with E-state index in [4.69, 9.17) is 0 Å². The van der Waals surface area contributed by atoms with Crippen LogP contribution in [0.3, 0.4) is 0 Å². The molecule has 4 rings (SSSR count). The number of nitrogens with zero attached hydrogens (tertiary/aromatic N) is 3. The van der Waals surface area contributed by atoms with Crippen LogP contribution in [-0.2, 0) is 32.8 Å². The zero-order chi connectivity index (χ0) is 30.4. The summed E-state index contributed by atoms with van der Waals surface area (Å²) in [5.74, 6) is -1.58. The summed E-state index contributed by atoms with van der Waals surface area (Å²) in [5, 5.41) is 2.86. The van der Waals surface area contributed by atoms with Gasteiger partial charge < -0.3 is 4.90 Å². The number of thiazole rings is 1. The number of carbonyl (C=O) groups excluding carboxylic acids is 2. The molecule has 0 saturated heterocycles. The molecule has 0 spiro atoms. The van der Waals surface area contributed by atoms with Gasteiger partial charge in [0.15, 0.2) is 6.20 Å². The SMILES string of the molecule is CCn1c(=Cc2cccc[n+]2CCCCC(=O)NC(C)=O)sc(=C2Sc3ccc(F)cc3N2CCCS(=O)(=O)O)c1=O. The topological polar surface area (TPSA) is 130 Å². The molecule has 14 heteroatoms. The van der Waals surface area contributed by atoms with Crippen LogP contribution in [0.25, 0.3) is 11.1 Å². The summed E-state index contributed by atoms with van der Waals surface area (Å²) in [4.78, 5) is 38.9. The Morgan fingerprint density at radius 1 is 1.17 bits per heavy atom. The Morgan fingerprint density at radius 3 is 2.67 bits per heavy atom. The summed E-state index contributed by atoms with van der Waals surface area (Å²) >= 11 is 2.63. The fraction of sp³-hybridized carbons (Fsp3) is 0.357. The molecule has 1 aromatic carbocycles. The minimum atomic E-state index is -4.18. The van der Waals surface area contributed by atoms with Crippen molar-refractivity contribution in [2.24, 2.45) is 0 Å². The number of amides is 2. The third kappa shape index (κ3) is 7.94. The number of hydrogen-bond donors (Lipinski definition) is 2. The number of imide groups is 1. The van der Waals surface area contributed by atoms with E-state index >= 15 is 0 Å². The fourth-order valence-electron chi connectivity index (χ4n) is 4.60. The number of anilines is 1. The molecule has 2 amide bonds. The number of thioether (sulfide) groups is 1. The maximum atomic E-state index is 14.2. The minimum Gasteiger partial charge on any atom is -0.334 e. The molecule has 0 atom stereocenters. The van der Waals surface area contributed by atoms with E-state index in [0.717, 1.165) is 10.6 Å². The van der Waals surface area contributed by atoms with E-state index in [0.29, 0.717) is 45.8 Å². The fourth-order valence-corrected chi connectivity index (χ4v) is 7.55. The van der Waals surface area contributed by atoms with E-state index in [9.17, 15) is 31.7 Å². The summed E-state index contributed by atoms with van der Waals surface area (Å²) in [6.07, 6.45) is 5.50. The molecule has 2 N–H and O–H groups in total. The summed E-state index contributed by atoms with van der Waals surface area (Å²) in [6.45, 7) is 4.40. The van der Waals surface area contributed by atoms with Crippen LogP contribution in [-0.4, -0.2) is 41.6 Å². The lowest BCUT2D eigenvalue weighted by Crippen LogP contribution is -2.38. The van der Waals surface area contributed by atoms with Crippen LogP contribution in [0.15, 0.2) is 52.3 Å². The first-order chi connectivity index (χ1) is 20.0. The number of hydrogen-bond acceptors (Lipinski definition) is 8. The lowest BCUT2D eigenvalue weighted by atomic mass is 10.2. The smallest absolute Gasteiger partial charge is 0.271 e. The highest BCUT2D eigenvalue weighted by Crippen LogP contribution is 2.46. The molecule has 10 nitrogen and oxygen atoms in total. The third-order valence-electron chi connectivity index (χ3n) is 6.49. The molecule has 0 bridgehead atoms. The van der Waals surface area contributed by atoms with Gasteiger partial charge in [0.2, 0.25) is 17.5 Å². The largest absolute Gasteiger partial charge is 0.334 e. The molecular weight excluding hydrogens is 604 g/mol. The minimum absolute atomic E-state index is 0.0889. The molecule has 2 aromatic heterocycles. The van der Waals surface area contributed by atoms with Gasteiger partial charge in [-0.1, -0.05) is 11.8 Å². The van der Waals surface area contributed by atoms with Gasteiger partial charge in [0.25, 0.3) is 15.7 Å². The van der Waals surface area contributed by atoms with Crippen LogP contribution in [0.5, 0.6) is 0 Å². The lowest BCUT2D eigenvalue weighted by Gasteiger charge is -2.19. The maximum Gasteiger partial charge on any atom is 0.271 e. The Bertz CT molecular complexity index is 1790.